The molecule has 0 fully saturated rings. The molecule has 1 aromatic carbocycles. The molecule has 0 bridgehead atoms. The maximum atomic E-state index is 13.3. The van der Waals surface area contributed by atoms with E-state index >= 15 is 0 Å². The number of hydrogen-bond donors (Lipinski definition) is 2. The number of anilines is 2. The van der Waals surface area contributed by atoms with E-state index in [4.69, 9.17) is 34.8 Å². The molecule has 8 nitrogen and oxygen atoms in total. The summed E-state index contributed by atoms with van der Waals surface area (Å²) in [5.74, 6) is -1.29. The molecule has 2 heterocycles. The van der Waals surface area contributed by atoms with Crippen LogP contribution < -0.4 is 10.2 Å². The first-order chi connectivity index (χ1) is 15.6. The van der Waals surface area contributed by atoms with Crippen LogP contribution in [0.3, 0.4) is 0 Å². The summed E-state index contributed by atoms with van der Waals surface area (Å²) in [6.45, 7) is 3.29. The first-order valence-corrected chi connectivity index (χ1v) is 10.9. The summed E-state index contributed by atoms with van der Waals surface area (Å²) in [5.41, 5.74) is 0.341. The first-order valence-electron chi connectivity index (χ1n) is 9.80. The monoisotopic (exact) mass is 507 g/mol. The number of halogens is 3. The molecule has 0 aliphatic carbocycles. The third kappa shape index (κ3) is 5.03. The van der Waals surface area contributed by atoms with Crippen molar-refractivity contribution in [3.8, 4) is 11.1 Å². The average molecular weight is 509 g/mol. The summed E-state index contributed by atoms with van der Waals surface area (Å²) in [4.78, 5) is 30.4. The number of carboxylic acid groups (broad SMARTS) is 1. The minimum atomic E-state index is -1.30. The van der Waals surface area contributed by atoms with Crippen LogP contribution in [0.15, 0.2) is 42.7 Å². The predicted octanol–water partition coefficient (Wildman–Crippen LogP) is 5.44. The van der Waals surface area contributed by atoms with Gasteiger partial charge >= 0.3 is 5.97 Å². The summed E-state index contributed by atoms with van der Waals surface area (Å²) in [7, 11) is 1.57. The molecule has 0 saturated carbocycles. The van der Waals surface area contributed by atoms with Crippen LogP contribution in [0.4, 0.5) is 11.5 Å². The quantitative estimate of drug-likeness (QED) is 0.437. The fraction of sp³-hybridized carbons (Fsp3) is 0.227. The molecular formula is C22H20Cl3N5O3. The fourth-order valence-corrected chi connectivity index (χ4v) is 3.78. The fourth-order valence-electron chi connectivity index (χ4n) is 3.11. The molecule has 0 radical (unpaired) electrons. The number of aliphatic carboxylic acids is 1. The van der Waals surface area contributed by atoms with E-state index < -0.39 is 17.4 Å². The lowest BCUT2D eigenvalue weighted by molar-refractivity contribution is -0.141. The van der Waals surface area contributed by atoms with E-state index in [1.807, 2.05) is 0 Å². The van der Waals surface area contributed by atoms with Crippen LogP contribution in [0.25, 0.3) is 11.1 Å². The number of rotatable bonds is 7. The van der Waals surface area contributed by atoms with Gasteiger partial charge in [0.15, 0.2) is 11.0 Å². The second-order valence-corrected chi connectivity index (χ2v) is 8.61. The van der Waals surface area contributed by atoms with Crippen molar-refractivity contribution in [2.45, 2.75) is 25.8 Å². The maximum absolute atomic E-state index is 13.3. The highest BCUT2D eigenvalue weighted by molar-refractivity contribution is 6.40. The van der Waals surface area contributed by atoms with Gasteiger partial charge in [0.05, 0.1) is 21.3 Å². The number of carboxylic acids is 1. The minimum Gasteiger partial charge on any atom is -0.480 e. The number of benzene rings is 1. The molecule has 1 amide bonds. The molecule has 0 unspecified atom stereocenters. The van der Waals surface area contributed by atoms with Gasteiger partial charge in [0.1, 0.15) is 5.54 Å². The van der Waals surface area contributed by atoms with E-state index in [1.54, 1.807) is 51.2 Å². The highest BCUT2D eigenvalue weighted by Gasteiger charge is 2.33. The summed E-state index contributed by atoms with van der Waals surface area (Å²) in [6, 6.07) is 8.58. The molecule has 33 heavy (non-hydrogen) atoms. The van der Waals surface area contributed by atoms with E-state index in [-0.39, 0.29) is 33.0 Å². The molecule has 3 aromatic rings. The number of para-hydroxylation sites is 1. The Morgan fingerprint density at radius 3 is 2.33 bits per heavy atom. The molecule has 2 aromatic heterocycles. The van der Waals surface area contributed by atoms with Crippen LogP contribution in [0.2, 0.25) is 15.2 Å². The van der Waals surface area contributed by atoms with Crippen LogP contribution in [-0.4, -0.2) is 44.8 Å². The van der Waals surface area contributed by atoms with Gasteiger partial charge in [0.25, 0.3) is 5.91 Å². The van der Waals surface area contributed by atoms with Crippen molar-refractivity contribution < 1.29 is 14.7 Å². The Bertz CT molecular complexity index is 1200. The topological polar surface area (TPSA) is 108 Å². The highest BCUT2D eigenvalue weighted by Crippen LogP contribution is 2.37. The Labute approximate surface area is 205 Å². The van der Waals surface area contributed by atoms with Crippen molar-refractivity contribution in [2.24, 2.45) is 0 Å². The molecule has 1 atom stereocenters. The second-order valence-electron chi connectivity index (χ2n) is 7.40. The zero-order valence-electron chi connectivity index (χ0n) is 17.9. The normalized spacial score (nSPS) is 12.7. The van der Waals surface area contributed by atoms with E-state index in [9.17, 15) is 14.7 Å². The second kappa shape index (κ2) is 9.91. The van der Waals surface area contributed by atoms with Crippen LogP contribution in [0, 0.1) is 0 Å². The van der Waals surface area contributed by atoms with Gasteiger partial charge in [-0.05, 0) is 25.5 Å². The third-order valence-corrected chi connectivity index (χ3v) is 6.02. The average Bonchev–Trinajstić information content (AvgIpc) is 2.79. The predicted molar refractivity (Wildman–Crippen MR) is 129 cm³/mol. The third-order valence-electron chi connectivity index (χ3n) is 5.27. The summed E-state index contributed by atoms with van der Waals surface area (Å²) in [6.07, 6.45) is 2.96. The Hall–Kier alpha value is -2.94. The van der Waals surface area contributed by atoms with Crippen molar-refractivity contribution in [2.75, 3.05) is 17.3 Å². The van der Waals surface area contributed by atoms with Crippen molar-refractivity contribution >= 4 is 58.2 Å². The summed E-state index contributed by atoms with van der Waals surface area (Å²) < 4.78 is 0. The number of pyridine rings is 1. The molecule has 0 aliphatic rings. The number of carbonyl (C=O) groups excluding carboxylic acids is 1. The zero-order valence-corrected chi connectivity index (χ0v) is 20.2. The van der Waals surface area contributed by atoms with Crippen LogP contribution in [0.1, 0.15) is 30.6 Å². The molecule has 0 saturated heterocycles. The maximum Gasteiger partial charge on any atom is 0.329 e. The first kappa shape index (κ1) is 24.7. The molecule has 0 spiro atoms. The van der Waals surface area contributed by atoms with Gasteiger partial charge in [-0.3, -0.25) is 9.78 Å². The Morgan fingerprint density at radius 2 is 1.73 bits per heavy atom. The Morgan fingerprint density at radius 1 is 1.09 bits per heavy atom. The minimum absolute atomic E-state index is 0.105. The SMILES string of the molecule is CC[C@](C)(Nc1nnc(Cl)cc1-c1ccccc1N(C)C(=O)c1c(Cl)cncc1Cl)C(=O)O. The Kier molecular flexibility index (Phi) is 7.41. The number of amides is 1. The molecular weight excluding hydrogens is 489 g/mol. The van der Waals surface area contributed by atoms with Gasteiger partial charge in [-0.2, -0.15) is 0 Å². The molecule has 11 heteroatoms. The standard InChI is InChI=1S/C22H20Cl3N5O3/c1-4-22(2,21(32)33)27-19-13(9-17(25)28-29-19)12-7-5-6-8-16(12)30(3)20(31)18-14(23)10-26-11-15(18)24/h5-11H,4H2,1-3H3,(H,27,29)(H,32,33)/t22-/m0/s1. The lowest BCUT2D eigenvalue weighted by atomic mass is 9.97. The van der Waals surface area contributed by atoms with Crippen LogP contribution >= 0.6 is 34.8 Å². The number of aromatic nitrogens is 3. The van der Waals surface area contributed by atoms with Crippen molar-refractivity contribution in [3.05, 3.63) is 63.5 Å². The molecule has 0 aliphatic heterocycles. The largest absolute Gasteiger partial charge is 0.480 e. The zero-order chi connectivity index (χ0) is 24.3. The number of carbonyl (C=O) groups is 2. The smallest absolute Gasteiger partial charge is 0.329 e. The molecule has 3 rings (SSSR count). The van der Waals surface area contributed by atoms with Gasteiger partial charge in [-0.15, -0.1) is 10.2 Å². The van der Waals surface area contributed by atoms with E-state index in [0.717, 1.165) is 0 Å². The van der Waals surface area contributed by atoms with Gasteiger partial charge in [0.2, 0.25) is 0 Å². The van der Waals surface area contributed by atoms with Crippen molar-refractivity contribution in [1.29, 1.82) is 0 Å². The summed E-state index contributed by atoms with van der Waals surface area (Å²) in [5, 5.41) is 20.9. The van der Waals surface area contributed by atoms with Crippen molar-refractivity contribution in [3.63, 3.8) is 0 Å². The highest BCUT2D eigenvalue weighted by atomic mass is 35.5. The van der Waals surface area contributed by atoms with E-state index in [1.165, 1.54) is 17.3 Å². The van der Waals surface area contributed by atoms with Crippen LogP contribution in [-0.2, 0) is 4.79 Å². The van der Waals surface area contributed by atoms with Gasteiger partial charge < -0.3 is 15.3 Å². The Balaban J connectivity index is 2.13. The lowest BCUT2D eigenvalue weighted by Gasteiger charge is -2.27. The molecule has 2 N–H and O–H groups in total. The number of nitrogens with zero attached hydrogens (tertiary/aromatic N) is 4. The van der Waals surface area contributed by atoms with E-state index in [2.05, 4.69) is 20.5 Å². The lowest BCUT2D eigenvalue weighted by Crippen LogP contribution is -2.43. The van der Waals surface area contributed by atoms with Gasteiger partial charge in [0, 0.05) is 30.6 Å². The van der Waals surface area contributed by atoms with E-state index in [0.29, 0.717) is 16.8 Å². The van der Waals surface area contributed by atoms with Crippen LogP contribution in [0.5, 0.6) is 0 Å². The van der Waals surface area contributed by atoms with Crippen molar-refractivity contribution in [1.82, 2.24) is 15.2 Å². The number of nitrogens with one attached hydrogen (secondary N) is 1. The number of hydrogen-bond acceptors (Lipinski definition) is 6. The summed E-state index contributed by atoms with van der Waals surface area (Å²) >= 11 is 18.5. The van der Waals surface area contributed by atoms with Gasteiger partial charge in [-0.25, -0.2) is 4.79 Å². The van der Waals surface area contributed by atoms with Gasteiger partial charge in [-0.1, -0.05) is 59.9 Å². The molecule has 172 valence electrons.